The van der Waals surface area contributed by atoms with Crippen molar-refractivity contribution in [2.24, 2.45) is 5.92 Å². The quantitative estimate of drug-likeness (QED) is 0.647. The van der Waals surface area contributed by atoms with Crippen LogP contribution >= 0.6 is 0 Å². The highest BCUT2D eigenvalue weighted by Crippen LogP contribution is 2.09. The first kappa shape index (κ1) is 20.3. The van der Waals surface area contributed by atoms with Crippen LogP contribution in [0.15, 0.2) is 67.0 Å². The molecule has 0 bridgehead atoms. The zero-order valence-corrected chi connectivity index (χ0v) is 16.3. The van der Waals surface area contributed by atoms with Crippen molar-refractivity contribution in [3.05, 3.63) is 83.9 Å². The second-order valence-corrected chi connectivity index (χ2v) is 7.05. The summed E-state index contributed by atoms with van der Waals surface area (Å²) >= 11 is 0. The van der Waals surface area contributed by atoms with E-state index in [0.717, 1.165) is 11.3 Å². The number of aromatic nitrogens is 2. The third-order valence-electron chi connectivity index (χ3n) is 4.47. The fraction of sp³-hybridized carbons (Fsp3) is 0.227. The number of nitrogens with zero attached hydrogens (tertiary/aromatic N) is 2. The molecule has 7 heteroatoms. The molecule has 0 unspecified atom stereocenters. The smallest absolute Gasteiger partial charge is 0.251 e. The number of hydrogen-bond acceptors (Lipinski definition) is 3. The Morgan fingerprint density at radius 3 is 2.41 bits per heavy atom. The fourth-order valence-corrected chi connectivity index (χ4v) is 2.83. The van der Waals surface area contributed by atoms with Gasteiger partial charge in [0.2, 0.25) is 5.91 Å². The first-order valence-electron chi connectivity index (χ1n) is 9.37. The third kappa shape index (κ3) is 5.28. The van der Waals surface area contributed by atoms with Gasteiger partial charge >= 0.3 is 0 Å². The van der Waals surface area contributed by atoms with Crippen molar-refractivity contribution in [1.82, 2.24) is 20.4 Å². The first-order valence-corrected chi connectivity index (χ1v) is 9.37. The van der Waals surface area contributed by atoms with Crippen LogP contribution < -0.4 is 10.6 Å². The van der Waals surface area contributed by atoms with E-state index >= 15 is 0 Å². The Morgan fingerprint density at radius 1 is 1.07 bits per heavy atom. The van der Waals surface area contributed by atoms with Gasteiger partial charge in [0.1, 0.15) is 11.9 Å². The van der Waals surface area contributed by atoms with Gasteiger partial charge in [-0.2, -0.15) is 5.10 Å². The van der Waals surface area contributed by atoms with E-state index in [9.17, 15) is 14.0 Å². The predicted molar refractivity (Wildman–Crippen MR) is 108 cm³/mol. The molecule has 2 aromatic carbocycles. The summed E-state index contributed by atoms with van der Waals surface area (Å²) in [4.78, 5) is 25.0. The number of nitrogens with one attached hydrogen (secondary N) is 2. The van der Waals surface area contributed by atoms with E-state index in [2.05, 4.69) is 15.7 Å². The maximum atomic E-state index is 13.0. The molecule has 0 aliphatic heterocycles. The molecule has 3 aromatic rings. The van der Waals surface area contributed by atoms with Crippen molar-refractivity contribution in [3.63, 3.8) is 0 Å². The van der Waals surface area contributed by atoms with Gasteiger partial charge < -0.3 is 10.6 Å². The molecule has 29 heavy (non-hydrogen) atoms. The molecule has 0 aliphatic carbocycles. The Kier molecular flexibility index (Phi) is 6.39. The number of hydrogen-bond donors (Lipinski definition) is 2. The number of amides is 2. The van der Waals surface area contributed by atoms with Gasteiger partial charge in [-0.1, -0.05) is 32.0 Å². The molecule has 2 amide bonds. The van der Waals surface area contributed by atoms with E-state index in [1.807, 2.05) is 50.4 Å². The standard InChI is InChI=1S/C22H23FN4O2/c1-15(2)20(26-21(28)17-8-10-18(23)11-9-17)22(29)24-12-16-13-25-27(14-16)19-6-4-3-5-7-19/h3-11,13-15,20H,12H2,1-2H3,(H,24,29)(H,26,28)/t20-/m0/s1. The summed E-state index contributed by atoms with van der Waals surface area (Å²) in [6.45, 7) is 3.99. The summed E-state index contributed by atoms with van der Waals surface area (Å²) < 4.78 is 14.8. The summed E-state index contributed by atoms with van der Waals surface area (Å²) in [5.41, 5.74) is 2.07. The van der Waals surface area contributed by atoms with Crippen LogP contribution in [0.5, 0.6) is 0 Å². The number of para-hydroxylation sites is 1. The van der Waals surface area contributed by atoms with Crippen molar-refractivity contribution in [3.8, 4) is 5.69 Å². The van der Waals surface area contributed by atoms with Crippen molar-refractivity contribution in [1.29, 1.82) is 0 Å². The van der Waals surface area contributed by atoms with E-state index in [1.54, 1.807) is 10.9 Å². The minimum absolute atomic E-state index is 0.119. The largest absolute Gasteiger partial charge is 0.350 e. The van der Waals surface area contributed by atoms with Gasteiger partial charge in [0.25, 0.3) is 5.91 Å². The molecule has 1 heterocycles. The molecule has 0 spiro atoms. The maximum absolute atomic E-state index is 13.0. The molecule has 3 rings (SSSR count). The SMILES string of the molecule is CC(C)[C@H](NC(=O)c1ccc(F)cc1)C(=O)NCc1cnn(-c2ccccc2)c1. The minimum atomic E-state index is -0.711. The molecule has 0 aliphatic rings. The van der Waals surface area contributed by atoms with Gasteiger partial charge in [0.05, 0.1) is 11.9 Å². The van der Waals surface area contributed by atoms with Crippen LogP contribution in [0.1, 0.15) is 29.8 Å². The van der Waals surface area contributed by atoms with E-state index in [-0.39, 0.29) is 11.8 Å². The van der Waals surface area contributed by atoms with Crippen LogP contribution in [0.25, 0.3) is 5.69 Å². The second kappa shape index (κ2) is 9.14. The van der Waals surface area contributed by atoms with Crippen LogP contribution in [0.2, 0.25) is 0 Å². The topological polar surface area (TPSA) is 76.0 Å². The van der Waals surface area contributed by atoms with Crippen molar-refractivity contribution in [2.45, 2.75) is 26.4 Å². The van der Waals surface area contributed by atoms with E-state index in [0.29, 0.717) is 12.1 Å². The number of halogens is 1. The van der Waals surface area contributed by atoms with Gasteiger partial charge in [-0.15, -0.1) is 0 Å². The van der Waals surface area contributed by atoms with Gasteiger partial charge in [0, 0.05) is 23.9 Å². The third-order valence-corrected chi connectivity index (χ3v) is 4.47. The highest BCUT2D eigenvalue weighted by molar-refractivity contribution is 5.97. The van der Waals surface area contributed by atoms with Crippen LogP contribution in [0.3, 0.4) is 0 Å². The number of carbonyl (C=O) groups excluding carboxylic acids is 2. The average Bonchev–Trinajstić information content (AvgIpc) is 3.20. The summed E-state index contributed by atoms with van der Waals surface area (Å²) in [7, 11) is 0. The molecule has 0 fully saturated rings. The second-order valence-electron chi connectivity index (χ2n) is 7.05. The highest BCUT2D eigenvalue weighted by Gasteiger charge is 2.24. The zero-order valence-electron chi connectivity index (χ0n) is 16.3. The molecular weight excluding hydrogens is 371 g/mol. The summed E-state index contributed by atoms with van der Waals surface area (Å²) in [5.74, 6) is -1.25. The van der Waals surface area contributed by atoms with Gasteiger partial charge in [-0.05, 0) is 42.3 Å². The average molecular weight is 394 g/mol. The van der Waals surface area contributed by atoms with Crippen LogP contribution in [-0.4, -0.2) is 27.6 Å². The van der Waals surface area contributed by atoms with Crippen LogP contribution in [0.4, 0.5) is 4.39 Å². The molecule has 0 saturated heterocycles. The van der Waals surface area contributed by atoms with Crippen LogP contribution in [0, 0.1) is 11.7 Å². The van der Waals surface area contributed by atoms with E-state index in [4.69, 9.17) is 0 Å². The van der Waals surface area contributed by atoms with Gasteiger partial charge in [-0.25, -0.2) is 9.07 Å². The Balaban J connectivity index is 1.60. The van der Waals surface area contributed by atoms with Gasteiger partial charge in [0.15, 0.2) is 0 Å². The molecule has 2 N–H and O–H groups in total. The molecule has 0 radical (unpaired) electrons. The Bertz CT molecular complexity index is 968. The lowest BCUT2D eigenvalue weighted by molar-refractivity contribution is -0.124. The number of benzene rings is 2. The summed E-state index contributed by atoms with van der Waals surface area (Å²) in [6.07, 6.45) is 3.53. The molecule has 6 nitrogen and oxygen atoms in total. The van der Waals surface area contributed by atoms with Crippen LogP contribution in [-0.2, 0) is 11.3 Å². The normalized spacial score (nSPS) is 11.9. The Morgan fingerprint density at radius 2 is 1.76 bits per heavy atom. The van der Waals surface area contributed by atoms with E-state index < -0.39 is 17.8 Å². The summed E-state index contributed by atoms with van der Waals surface area (Å²) in [5, 5.41) is 9.87. The van der Waals surface area contributed by atoms with E-state index in [1.165, 1.54) is 24.3 Å². The lowest BCUT2D eigenvalue weighted by Gasteiger charge is -2.21. The molecule has 1 atom stereocenters. The lowest BCUT2D eigenvalue weighted by atomic mass is 10.0. The highest BCUT2D eigenvalue weighted by atomic mass is 19.1. The van der Waals surface area contributed by atoms with Crippen molar-refractivity contribution < 1.29 is 14.0 Å². The molecule has 150 valence electrons. The lowest BCUT2D eigenvalue weighted by Crippen LogP contribution is -2.49. The molecular formula is C22H23FN4O2. The van der Waals surface area contributed by atoms with Gasteiger partial charge in [-0.3, -0.25) is 9.59 Å². The Hall–Kier alpha value is -3.48. The predicted octanol–water partition coefficient (Wildman–Crippen LogP) is 3.08. The Labute approximate surface area is 168 Å². The molecule has 0 saturated carbocycles. The number of carbonyl (C=O) groups is 2. The maximum Gasteiger partial charge on any atom is 0.251 e. The van der Waals surface area contributed by atoms with Crippen molar-refractivity contribution in [2.75, 3.05) is 0 Å². The minimum Gasteiger partial charge on any atom is -0.350 e. The monoisotopic (exact) mass is 394 g/mol. The first-order chi connectivity index (χ1) is 13.9. The fourth-order valence-electron chi connectivity index (χ4n) is 2.83. The zero-order chi connectivity index (χ0) is 20.8. The molecule has 1 aromatic heterocycles. The van der Waals surface area contributed by atoms with Crippen molar-refractivity contribution >= 4 is 11.8 Å². The summed E-state index contributed by atoms with van der Waals surface area (Å²) in [6, 6.07) is 14.1. The number of rotatable bonds is 7.